The van der Waals surface area contributed by atoms with Crippen LogP contribution >= 0.6 is 11.8 Å². The van der Waals surface area contributed by atoms with E-state index in [1.54, 1.807) is 56.3 Å². The molecule has 1 aromatic carbocycles. The van der Waals surface area contributed by atoms with E-state index in [1.807, 2.05) is 0 Å². The van der Waals surface area contributed by atoms with E-state index >= 15 is 0 Å². The molecule has 31 heavy (non-hydrogen) atoms. The van der Waals surface area contributed by atoms with E-state index in [9.17, 15) is 13.2 Å². The number of thioether (sulfide) groups is 1. The van der Waals surface area contributed by atoms with Crippen molar-refractivity contribution in [2.24, 2.45) is 0 Å². The topological polar surface area (TPSA) is 110 Å². The van der Waals surface area contributed by atoms with Crippen molar-refractivity contribution in [1.82, 2.24) is 19.4 Å². The molecule has 1 amide bonds. The van der Waals surface area contributed by atoms with Crippen LogP contribution < -0.4 is 0 Å². The molecule has 11 heteroatoms. The second-order valence-electron chi connectivity index (χ2n) is 6.61. The van der Waals surface area contributed by atoms with E-state index in [2.05, 4.69) is 10.2 Å². The number of nitrogens with zero attached hydrogens (tertiary/aromatic N) is 4. The number of carbonyl (C=O) groups is 1. The molecule has 0 N–H and O–H groups in total. The van der Waals surface area contributed by atoms with Gasteiger partial charge in [0.15, 0.2) is 0 Å². The molecule has 0 radical (unpaired) electrons. The molecular weight excluding hydrogens is 440 g/mol. The second kappa shape index (κ2) is 10.1. The molecule has 0 saturated carbocycles. The largest absolute Gasteiger partial charge is 0.467 e. The molecule has 0 fully saturated rings. The van der Waals surface area contributed by atoms with Gasteiger partial charge in [0, 0.05) is 25.7 Å². The van der Waals surface area contributed by atoms with Crippen molar-refractivity contribution in [3.8, 4) is 11.5 Å². The summed E-state index contributed by atoms with van der Waals surface area (Å²) in [5.41, 5.74) is 0.494. The number of rotatable bonds is 10. The normalized spacial score (nSPS) is 11.7. The Morgan fingerprint density at radius 3 is 2.58 bits per heavy atom. The summed E-state index contributed by atoms with van der Waals surface area (Å²) in [7, 11) is -1.91. The van der Waals surface area contributed by atoms with Crippen LogP contribution in [0.25, 0.3) is 11.5 Å². The van der Waals surface area contributed by atoms with Gasteiger partial charge >= 0.3 is 0 Å². The predicted molar refractivity (Wildman–Crippen MR) is 116 cm³/mol. The molecule has 3 rings (SSSR count). The minimum Gasteiger partial charge on any atom is -0.467 e. The van der Waals surface area contributed by atoms with E-state index in [4.69, 9.17) is 8.83 Å². The SMILES string of the molecule is CCN(CC)S(=O)(=O)c1cccc(-c2nnc(SCC(=O)N(C)Cc3ccco3)o2)c1. The van der Waals surface area contributed by atoms with Crippen molar-refractivity contribution in [2.75, 3.05) is 25.9 Å². The van der Waals surface area contributed by atoms with Crippen LogP contribution in [0.1, 0.15) is 19.6 Å². The van der Waals surface area contributed by atoms with Crippen LogP contribution in [-0.4, -0.2) is 59.6 Å². The Morgan fingerprint density at radius 1 is 1.13 bits per heavy atom. The van der Waals surface area contributed by atoms with Crippen LogP contribution in [0.5, 0.6) is 0 Å². The zero-order valence-corrected chi connectivity index (χ0v) is 19.1. The molecule has 0 saturated heterocycles. The number of sulfonamides is 1. The van der Waals surface area contributed by atoms with Gasteiger partial charge in [-0.1, -0.05) is 31.7 Å². The summed E-state index contributed by atoms with van der Waals surface area (Å²) in [6.45, 7) is 4.72. The van der Waals surface area contributed by atoms with Gasteiger partial charge in [0.2, 0.25) is 21.8 Å². The lowest BCUT2D eigenvalue weighted by Crippen LogP contribution is -2.30. The minimum atomic E-state index is -3.60. The number of carbonyl (C=O) groups excluding carboxylic acids is 1. The van der Waals surface area contributed by atoms with Gasteiger partial charge in [0.1, 0.15) is 5.76 Å². The Kier molecular flexibility index (Phi) is 7.52. The monoisotopic (exact) mass is 464 g/mol. The zero-order chi connectivity index (χ0) is 22.4. The van der Waals surface area contributed by atoms with E-state index in [0.717, 1.165) is 11.8 Å². The van der Waals surface area contributed by atoms with Crippen molar-refractivity contribution in [1.29, 1.82) is 0 Å². The van der Waals surface area contributed by atoms with Crippen LogP contribution in [0.2, 0.25) is 0 Å². The smallest absolute Gasteiger partial charge is 0.277 e. The minimum absolute atomic E-state index is 0.117. The first-order valence-electron chi connectivity index (χ1n) is 9.68. The van der Waals surface area contributed by atoms with Crippen LogP contribution in [0, 0.1) is 0 Å². The Morgan fingerprint density at radius 2 is 1.90 bits per heavy atom. The highest BCUT2D eigenvalue weighted by molar-refractivity contribution is 7.99. The van der Waals surface area contributed by atoms with E-state index in [0.29, 0.717) is 31.0 Å². The fourth-order valence-electron chi connectivity index (χ4n) is 2.85. The molecular formula is C20H24N4O5S2. The summed E-state index contributed by atoms with van der Waals surface area (Å²) < 4.78 is 37.7. The lowest BCUT2D eigenvalue weighted by atomic mass is 10.2. The van der Waals surface area contributed by atoms with Gasteiger partial charge in [-0.3, -0.25) is 4.79 Å². The summed E-state index contributed by atoms with van der Waals surface area (Å²) in [6.07, 6.45) is 1.56. The summed E-state index contributed by atoms with van der Waals surface area (Å²) in [5, 5.41) is 8.18. The predicted octanol–water partition coefficient (Wildman–Crippen LogP) is 3.11. The van der Waals surface area contributed by atoms with Crippen LogP contribution in [0.3, 0.4) is 0 Å². The van der Waals surface area contributed by atoms with Crippen LogP contribution in [0.4, 0.5) is 0 Å². The van der Waals surface area contributed by atoms with Gasteiger partial charge in [-0.2, -0.15) is 4.31 Å². The third-order valence-electron chi connectivity index (χ3n) is 4.55. The average Bonchev–Trinajstić information content (AvgIpc) is 3.45. The van der Waals surface area contributed by atoms with E-state index in [1.165, 1.54) is 16.4 Å². The maximum Gasteiger partial charge on any atom is 0.277 e. The Balaban J connectivity index is 1.66. The van der Waals surface area contributed by atoms with Crippen molar-refractivity contribution >= 4 is 27.7 Å². The molecule has 0 atom stereocenters. The zero-order valence-electron chi connectivity index (χ0n) is 17.5. The highest BCUT2D eigenvalue weighted by Gasteiger charge is 2.23. The maximum absolute atomic E-state index is 12.7. The van der Waals surface area contributed by atoms with Gasteiger partial charge in [-0.25, -0.2) is 8.42 Å². The maximum atomic E-state index is 12.7. The summed E-state index contributed by atoms with van der Waals surface area (Å²) >= 11 is 1.12. The molecule has 0 aliphatic rings. The van der Waals surface area contributed by atoms with Gasteiger partial charge < -0.3 is 13.7 Å². The molecule has 166 valence electrons. The molecule has 0 aliphatic heterocycles. The fourth-order valence-corrected chi connectivity index (χ4v) is 5.05. The fraction of sp³-hybridized carbons (Fsp3) is 0.350. The van der Waals surface area contributed by atoms with Crippen molar-refractivity contribution in [3.05, 3.63) is 48.4 Å². The van der Waals surface area contributed by atoms with E-state index in [-0.39, 0.29) is 27.7 Å². The Hall–Kier alpha value is -2.63. The number of aromatic nitrogens is 2. The van der Waals surface area contributed by atoms with Crippen molar-refractivity contribution in [3.63, 3.8) is 0 Å². The lowest BCUT2D eigenvalue weighted by Gasteiger charge is -2.18. The van der Waals surface area contributed by atoms with Crippen LogP contribution in [0.15, 0.2) is 61.6 Å². The first-order valence-corrected chi connectivity index (χ1v) is 12.1. The molecule has 0 bridgehead atoms. The molecule has 0 spiro atoms. The summed E-state index contributed by atoms with van der Waals surface area (Å²) in [6, 6.07) is 9.95. The molecule has 2 aromatic heterocycles. The first kappa shape index (κ1) is 23.0. The quantitative estimate of drug-likeness (QED) is 0.421. The summed E-state index contributed by atoms with van der Waals surface area (Å²) in [5.74, 6) is 0.888. The number of amides is 1. The first-order chi connectivity index (χ1) is 14.8. The van der Waals surface area contributed by atoms with E-state index < -0.39 is 10.0 Å². The molecule has 3 aromatic rings. The van der Waals surface area contributed by atoms with Gasteiger partial charge in [-0.15, -0.1) is 10.2 Å². The Labute approximate surface area is 185 Å². The number of hydrogen-bond donors (Lipinski definition) is 0. The second-order valence-corrected chi connectivity index (χ2v) is 9.47. The van der Waals surface area contributed by atoms with Crippen molar-refractivity contribution in [2.45, 2.75) is 30.5 Å². The summed E-state index contributed by atoms with van der Waals surface area (Å²) in [4.78, 5) is 14.0. The third kappa shape index (κ3) is 5.54. The average molecular weight is 465 g/mol. The molecule has 0 unspecified atom stereocenters. The molecule has 0 aliphatic carbocycles. The van der Waals surface area contributed by atoms with Gasteiger partial charge in [0.25, 0.3) is 5.22 Å². The van der Waals surface area contributed by atoms with Gasteiger partial charge in [0.05, 0.1) is 23.5 Å². The number of benzene rings is 1. The highest BCUT2D eigenvalue weighted by Crippen LogP contribution is 2.26. The Bertz CT molecular complexity index is 1110. The van der Waals surface area contributed by atoms with Gasteiger partial charge in [-0.05, 0) is 30.3 Å². The number of hydrogen-bond acceptors (Lipinski definition) is 8. The van der Waals surface area contributed by atoms with Crippen molar-refractivity contribution < 1.29 is 22.0 Å². The molecule has 2 heterocycles. The van der Waals surface area contributed by atoms with Crippen LogP contribution in [-0.2, 0) is 21.4 Å². The molecule has 9 nitrogen and oxygen atoms in total. The lowest BCUT2D eigenvalue weighted by molar-refractivity contribution is -0.127. The highest BCUT2D eigenvalue weighted by atomic mass is 32.2. The third-order valence-corrected chi connectivity index (χ3v) is 7.40. The number of furan rings is 1. The standard InChI is InChI=1S/C20H24N4O5S2/c1-4-24(5-2)31(26,27)17-10-6-8-15(12-17)19-21-22-20(29-19)30-14-18(25)23(3)13-16-9-7-11-28-16/h6-12H,4-5,13-14H2,1-3H3.